The second-order valence-corrected chi connectivity index (χ2v) is 6.82. The SMILES string of the molecule is COCC1CCN(Cc2ccoc2CNC(C)(C)C)C1. The smallest absolute Gasteiger partial charge is 0.122 e. The first-order valence-electron chi connectivity index (χ1n) is 7.49. The van der Waals surface area contributed by atoms with Crippen molar-refractivity contribution in [2.45, 2.75) is 45.8 Å². The van der Waals surface area contributed by atoms with Gasteiger partial charge in [-0.3, -0.25) is 4.90 Å². The quantitative estimate of drug-likeness (QED) is 0.869. The monoisotopic (exact) mass is 280 g/mol. The summed E-state index contributed by atoms with van der Waals surface area (Å²) < 4.78 is 10.9. The third-order valence-electron chi connectivity index (χ3n) is 3.78. The molecule has 1 atom stereocenters. The maximum atomic E-state index is 5.63. The molecule has 20 heavy (non-hydrogen) atoms. The van der Waals surface area contributed by atoms with Gasteiger partial charge in [0.1, 0.15) is 5.76 Å². The van der Waals surface area contributed by atoms with Crippen LogP contribution in [0, 0.1) is 5.92 Å². The fourth-order valence-corrected chi connectivity index (χ4v) is 2.68. The van der Waals surface area contributed by atoms with Gasteiger partial charge in [0, 0.05) is 31.3 Å². The normalized spacial score (nSPS) is 20.7. The van der Waals surface area contributed by atoms with E-state index in [1.54, 1.807) is 13.4 Å². The van der Waals surface area contributed by atoms with E-state index in [4.69, 9.17) is 9.15 Å². The first-order valence-corrected chi connectivity index (χ1v) is 7.49. The number of hydrogen-bond acceptors (Lipinski definition) is 4. The Morgan fingerprint density at radius 2 is 2.25 bits per heavy atom. The Morgan fingerprint density at radius 1 is 1.45 bits per heavy atom. The van der Waals surface area contributed by atoms with Crippen LogP contribution in [0.2, 0.25) is 0 Å². The van der Waals surface area contributed by atoms with Gasteiger partial charge in [-0.1, -0.05) is 0 Å². The van der Waals surface area contributed by atoms with Crippen LogP contribution in [0.4, 0.5) is 0 Å². The lowest BCUT2D eigenvalue weighted by molar-refractivity contribution is 0.152. The largest absolute Gasteiger partial charge is 0.468 e. The summed E-state index contributed by atoms with van der Waals surface area (Å²) in [5.41, 5.74) is 1.42. The van der Waals surface area contributed by atoms with E-state index < -0.39 is 0 Å². The topological polar surface area (TPSA) is 37.6 Å². The number of furan rings is 1. The molecule has 0 amide bonds. The molecule has 2 heterocycles. The molecule has 0 spiro atoms. The summed E-state index contributed by atoms with van der Waals surface area (Å²) in [5.74, 6) is 1.75. The highest BCUT2D eigenvalue weighted by Gasteiger charge is 2.23. The molecular weight excluding hydrogens is 252 g/mol. The molecule has 0 saturated carbocycles. The third-order valence-corrected chi connectivity index (χ3v) is 3.78. The van der Waals surface area contributed by atoms with Crippen LogP contribution in [0.3, 0.4) is 0 Å². The van der Waals surface area contributed by atoms with Gasteiger partial charge in [-0.25, -0.2) is 0 Å². The highest BCUT2D eigenvalue weighted by Crippen LogP contribution is 2.21. The Morgan fingerprint density at radius 3 is 2.95 bits per heavy atom. The molecular formula is C16H28N2O2. The number of hydrogen-bond donors (Lipinski definition) is 1. The van der Waals surface area contributed by atoms with Crippen molar-refractivity contribution in [1.82, 2.24) is 10.2 Å². The highest BCUT2D eigenvalue weighted by molar-refractivity contribution is 5.17. The molecule has 1 aromatic rings. The van der Waals surface area contributed by atoms with Crippen LogP contribution in [0.1, 0.15) is 38.5 Å². The molecule has 114 valence electrons. The van der Waals surface area contributed by atoms with Gasteiger partial charge in [0.15, 0.2) is 0 Å². The Hall–Kier alpha value is -0.840. The van der Waals surface area contributed by atoms with Crippen molar-refractivity contribution >= 4 is 0 Å². The fourth-order valence-electron chi connectivity index (χ4n) is 2.68. The van der Waals surface area contributed by atoms with Crippen LogP contribution < -0.4 is 5.32 Å². The van der Waals surface area contributed by atoms with Crippen molar-refractivity contribution in [3.8, 4) is 0 Å². The zero-order valence-electron chi connectivity index (χ0n) is 13.2. The van der Waals surface area contributed by atoms with E-state index in [9.17, 15) is 0 Å². The van der Waals surface area contributed by atoms with Gasteiger partial charge >= 0.3 is 0 Å². The van der Waals surface area contributed by atoms with E-state index in [0.29, 0.717) is 5.92 Å². The number of nitrogens with one attached hydrogen (secondary N) is 1. The van der Waals surface area contributed by atoms with E-state index in [1.165, 1.54) is 12.0 Å². The van der Waals surface area contributed by atoms with Crippen LogP contribution in [0.25, 0.3) is 0 Å². The lowest BCUT2D eigenvalue weighted by atomic mass is 10.1. The maximum absolute atomic E-state index is 5.63. The minimum Gasteiger partial charge on any atom is -0.468 e. The number of methoxy groups -OCH3 is 1. The van der Waals surface area contributed by atoms with Crippen LogP contribution in [0.5, 0.6) is 0 Å². The van der Waals surface area contributed by atoms with E-state index in [2.05, 4.69) is 37.1 Å². The molecule has 4 heteroatoms. The van der Waals surface area contributed by atoms with Gasteiger partial charge in [-0.2, -0.15) is 0 Å². The van der Waals surface area contributed by atoms with Gasteiger partial charge in [0.2, 0.25) is 0 Å². The number of nitrogens with zero attached hydrogens (tertiary/aromatic N) is 1. The van der Waals surface area contributed by atoms with Crippen LogP contribution in [-0.4, -0.2) is 37.2 Å². The molecule has 1 fully saturated rings. The molecule has 0 radical (unpaired) electrons. The van der Waals surface area contributed by atoms with Crippen molar-refractivity contribution in [2.24, 2.45) is 5.92 Å². The summed E-state index contributed by atoms with van der Waals surface area (Å²) in [4.78, 5) is 2.50. The predicted octanol–water partition coefficient (Wildman–Crippen LogP) is 2.64. The Labute approximate surface area is 122 Å². The lowest BCUT2D eigenvalue weighted by Gasteiger charge is -2.21. The highest BCUT2D eigenvalue weighted by atomic mass is 16.5. The van der Waals surface area contributed by atoms with Crippen molar-refractivity contribution < 1.29 is 9.15 Å². The summed E-state index contributed by atoms with van der Waals surface area (Å²) in [5, 5.41) is 3.49. The molecule has 1 unspecified atom stereocenters. The number of likely N-dealkylation sites (tertiary alicyclic amines) is 1. The van der Waals surface area contributed by atoms with E-state index in [1.807, 2.05) is 0 Å². The Balaban J connectivity index is 1.86. The molecule has 4 nitrogen and oxygen atoms in total. The zero-order valence-corrected chi connectivity index (χ0v) is 13.2. The van der Waals surface area contributed by atoms with Crippen molar-refractivity contribution in [2.75, 3.05) is 26.8 Å². The van der Waals surface area contributed by atoms with E-state index >= 15 is 0 Å². The standard InChI is InChI=1S/C16H28N2O2/c1-16(2,3)17-9-15-14(6-8-20-15)11-18-7-5-13(10-18)12-19-4/h6,8,13,17H,5,7,9-12H2,1-4H3. The minimum absolute atomic E-state index is 0.112. The first kappa shape index (κ1) is 15.5. The average Bonchev–Trinajstić information content (AvgIpc) is 2.97. The van der Waals surface area contributed by atoms with Gasteiger partial charge in [0.25, 0.3) is 0 Å². The summed E-state index contributed by atoms with van der Waals surface area (Å²) >= 11 is 0. The average molecular weight is 280 g/mol. The first-order chi connectivity index (χ1) is 9.48. The van der Waals surface area contributed by atoms with Crippen LogP contribution in [-0.2, 0) is 17.8 Å². The van der Waals surface area contributed by atoms with Crippen LogP contribution >= 0.6 is 0 Å². The number of rotatable bonds is 6. The molecule has 2 rings (SSSR count). The molecule has 0 bridgehead atoms. The molecule has 1 aliphatic rings. The third kappa shape index (κ3) is 4.62. The van der Waals surface area contributed by atoms with E-state index in [-0.39, 0.29) is 5.54 Å². The molecule has 1 aliphatic heterocycles. The summed E-state index contributed by atoms with van der Waals surface area (Å²) in [6, 6.07) is 2.10. The molecule has 0 aromatic carbocycles. The Bertz CT molecular complexity index is 409. The Kier molecular flexibility index (Phi) is 5.24. The predicted molar refractivity (Wildman–Crippen MR) is 80.6 cm³/mol. The van der Waals surface area contributed by atoms with Gasteiger partial charge < -0.3 is 14.5 Å². The van der Waals surface area contributed by atoms with E-state index in [0.717, 1.165) is 38.5 Å². The zero-order chi connectivity index (χ0) is 14.6. The summed E-state index contributed by atoms with van der Waals surface area (Å²) in [6.45, 7) is 11.5. The summed E-state index contributed by atoms with van der Waals surface area (Å²) in [7, 11) is 1.79. The molecule has 0 aliphatic carbocycles. The van der Waals surface area contributed by atoms with Gasteiger partial charge in [0.05, 0.1) is 19.4 Å². The molecule has 1 N–H and O–H groups in total. The fraction of sp³-hybridized carbons (Fsp3) is 0.750. The van der Waals surface area contributed by atoms with Crippen molar-refractivity contribution in [3.63, 3.8) is 0 Å². The number of ether oxygens (including phenoxy) is 1. The van der Waals surface area contributed by atoms with Crippen molar-refractivity contribution in [3.05, 3.63) is 23.7 Å². The van der Waals surface area contributed by atoms with Crippen LogP contribution in [0.15, 0.2) is 16.7 Å². The second-order valence-electron chi connectivity index (χ2n) is 6.82. The minimum atomic E-state index is 0.112. The molecule has 1 aromatic heterocycles. The second kappa shape index (κ2) is 6.74. The van der Waals surface area contributed by atoms with Gasteiger partial charge in [-0.15, -0.1) is 0 Å². The summed E-state index contributed by atoms with van der Waals surface area (Å²) in [6.07, 6.45) is 3.04. The maximum Gasteiger partial charge on any atom is 0.122 e. The lowest BCUT2D eigenvalue weighted by Crippen LogP contribution is -2.35. The van der Waals surface area contributed by atoms with Gasteiger partial charge in [-0.05, 0) is 45.7 Å². The van der Waals surface area contributed by atoms with Crippen molar-refractivity contribution in [1.29, 1.82) is 0 Å². The molecule has 1 saturated heterocycles.